The van der Waals surface area contributed by atoms with E-state index < -0.39 is 0 Å². The molecule has 0 amide bonds. The first-order valence-electron chi connectivity index (χ1n) is 5.49. The fourth-order valence-corrected chi connectivity index (χ4v) is 1.89. The van der Waals surface area contributed by atoms with E-state index in [2.05, 4.69) is 0 Å². The standard InChI is InChI=1S/C12H16ClNO2/c13-10-3-1-9(2-4-10)7-12-15-8-11(16-12)5-6-14/h1-4,11-12H,5-8,14H2. The zero-order chi connectivity index (χ0) is 11.4. The molecule has 2 unspecified atom stereocenters. The van der Waals surface area contributed by atoms with Crippen molar-refractivity contribution in [2.24, 2.45) is 5.73 Å². The van der Waals surface area contributed by atoms with Gasteiger partial charge in [-0.05, 0) is 30.7 Å². The molecule has 1 fully saturated rings. The number of benzene rings is 1. The van der Waals surface area contributed by atoms with Gasteiger partial charge in [-0.3, -0.25) is 0 Å². The Kier molecular flexibility index (Phi) is 4.18. The fourth-order valence-electron chi connectivity index (χ4n) is 1.77. The molecule has 4 heteroatoms. The summed E-state index contributed by atoms with van der Waals surface area (Å²) < 4.78 is 11.2. The molecule has 2 atom stereocenters. The highest BCUT2D eigenvalue weighted by Gasteiger charge is 2.25. The van der Waals surface area contributed by atoms with E-state index in [1.54, 1.807) is 0 Å². The zero-order valence-corrected chi connectivity index (χ0v) is 9.82. The highest BCUT2D eigenvalue weighted by atomic mass is 35.5. The second kappa shape index (κ2) is 5.64. The molecule has 1 aromatic carbocycles. The first kappa shape index (κ1) is 11.9. The van der Waals surface area contributed by atoms with Gasteiger partial charge in [-0.25, -0.2) is 0 Å². The normalized spacial score (nSPS) is 24.9. The first-order chi connectivity index (χ1) is 7.78. The van der Waals surface area contributed by atoms with Gasteiger partial charge in [0, 0.05) is 11.4 Å². The molecule has 0 bridgehead atoms. The summed E-state index contributed by atoms with van der Waals surface area (Å²) in [4.78, 5) is 0. The third-order valence-corrected chi connectivity index (χ3v) is 2.87. The molecule has 3 nitrogen and oxygen atoms in total. The van der Waals surface area contributed by atoms with Crippen LogP contribution in [0, 0.1) is 0 Å². The first-order valence-corrected chi connectivity index (χ1v) is 5.87. The lowest BCUT2D eigenvalue weighted by Crippen LogP contribution is -2.17. The summed E-state index contributed by atoms with van der Waals surface area (Å²) in [5.41, 5.74) is 6.64. The minimum absolute atomic E-state index is 0.141. The Morgan fingerprint density at radius 1 is 1.31 bits per heavy atom. The van der Waals surface area contributed by atoms with Crippen molar-refractivity contribution >= 4 is 11.6 Å². The van der Waals surface area contributed by atoms with Crippen molar-refractivity contribution in [3.63, 3.8) is 0 Å². The molecular formula is C12H16ClNO2. The molecule has 16 heavy (non-hydrogen) atoms. The lowest BCUT2D eigenvalue weighted by atomic mass is 10.1. The topological polar surface area (TPSA) is 44.5 Å². The maximum absolute atomic E-state index is 5.82. The van der Waals surface area contributed by atoms with Gasteiger partial charge >= 0.3 is 0 Å². The Morgan fingerprint density at radius 2 is 2.06 bits per heavy atom. The number of halogens is 1. The molecule has 0 spiro atoms. The van der Waals surface area contributed by atoms with E-state index in [4.69, 9.17) is 26.8 Å². The molecule has 1 heterocycles. The van der Waals surface area contributed by atoms with Gasteiger partial charge in [0.2, 0.25) is 0 Å². The number of hydrogen-bond donors (Lipinski definition) is 1. The molecule has 88 valence electrons. The second-order valence-electron chi connectivity index (χ2n) is 3.93. The van der Waals surface area contributed by atoms with Crippen molar-refractivity contribution in [2.45, 2.75) is 25.2 Å². The molecule has 2 rings (SSSR count). The average molecular weight is 242 g/mol. The largest absolute Gasteiger partial charge is 0.350 e. The van der Waals surface area contributed by atoms with Crippen LogP contribution in [0.25, 0.3) is 0 Å². The summed E-state index contributed by atoms with van der Waals surface area (Å²) >= 11 is 5.82. The van der Waals surface area contributed by atoms with Crippen molar-refractivity contribution < 1.29 is 9.47 Å². The van der Waals surface area contributed by atoms with Crippen LogP contribution in [0.15, 0.2) is 24.3 Å². The second-order valence-corrected chi connectivity index (χ2v) is 4.37. The van der Waals surface area contributed by atoms with Crippen molar-refractivity contribution in [3.05, 3.63) is 34.9 Å². The average Bonchev–Trinajstić information content (AvgIpc) is 2.70. The highest BCUT2D eigenvalue weighted by Crippen LogP contribution is 2.19. The molecule has 1 aromatic rings. The smallest absolute Gasteiger partial charge is 0.162 e. The third kappa shape index (κ3) is 3.19. The molecule has 0 aliphatic carbocycles. The Labute approximate surface area is 100 Å². The quantitative estimate of drug-likeness (QED) is 0.877. The highest BCUT2D eigenvalue weighted by molar-refractivity contribution is 6.30. The molecule has 0 saturated carbocycles. The fraction of sp³-hybridized carbons (Fsp3) is 0.500. The van der Waals surface area contributed by atoms with Crippen LogP contribution in [-0.4, -0.2) is 25.5 Å². The summed E-state index contributed by atoms with van der Waals surface area (Å²) in [6.07, 6.45) is 1.63. The van der Waals surface area contributed by atoms with Crippen LogP contribution in [0.2, 0.25) is 5.02 Å². The van der Waals surface area contributed by atoms with Gasteiger partial charge in [-0.1, -0.05) is 23.7 Å². The zero-order valence-electron chi connectivity index (χ0n) is 9.06. The maximum Gasteiger partial charge on any atom is 0.162 e. The van der Waals surface area contributed by atoms with Crippen LogP contribution in [-0.2, 0) is 15.9 Å². The van der Waals surface area contributed by atoms with Gasteiger partial charge in [-0.2, -0.15) is 0 Å². The molecule has 0 aromatic heterocycles. The Hall–Kier alpha value is -0.610. The van der Waals surface area contributed by atoms with E-state index in [1.165, 1.54) is 5.56 Å². The van der Waals surface area contributed by atoms with Crippen molar-refractivity contribution in [1.29, 1.82) is 0 Å². The molecule has 1 aliphatic rings. The summed E-state index contributed by atoms with van der Waals surface area (Å²) in [6, 6.07) is 7.74. The monoisotopic (exact) mass is 241 g/mol. The van der Waals surface area contributed by atoms with Crippen LogP contribution >= 0.6 is 11.6 Å². The van der Waals surface area contributed by atoms with Gasteiger partial charge < -0.3 is 15.2 Å². The molecular weight excluding hydrogens is 226 g/mol. The predicted molar refractivity (Wildman–Crippen MR) is 63.4 cm³/mol. The molecule has 2 N–H and O–H groups in total. The lowest BCUT2D eigenvalue weighted by molar-refractivity contribution is -0.0563. The Balaban J connectivity index is 1.84. The van der Waals surface area contributed by atoms with Crippen molar-refractivity contribution in [3.8, 4) is 0 Å². The lowest BCUT2D eigenvalue weighted by Gasteiger charge is -2.10. The van der Waals surface area contributed by atoms with E-state index >= 15 is 0 Å². The van der Waals surface area contributed by atoms with Crippen LogP contribution < -0.4 is 5.73 Å². The number of hydrogen-bond acceptors (Lipinski definition) is 3. The minimum Gasteiger partial charge on any atom is -0.350 e. The van der Waals surface area contributed by atoms with Crippen LogP contribution in [0.4, 0.5) is 0 Å². The predicted octanol–water partition coefficient (Wildman–Crippen LogP) is 1.97. The van der Waals surface area contributed by atoms with Gasteiger partial charge in [-0.15, -0.1) is 0 Å². The number of rotatable bonds is 4. The number of nitrogens with two attached hydrogens (primary N) is 1. The van der Waals surface area contributed by atoms with E-state index in [-0.39, 0.29) is 12.4 Å². The van der Waals surface area contributed by atoms with Crippen LogP contribution in [0.1, 0.15) is 12.0 Å². The van der Waals surface area contributed by atoms with Gasteiger partial charge in [0.05, 0.1) is 12.7 Å². The van der Waals surface area contributed by atoms with Crippen LogP contribution in [0.5, 0.6) is 0 Å². The van der Waals surface area contributed by atoms with Crippen LogP contribution in [0.3, 0.4) is 0 Å². The van der Waals surface area contributed by atoms with E-state index in [1.807, 2.05) is 24.3 Å². The van der Waals surface area contributed by atoms with Crippen molar-refractivity contribution in [2.75, 3.05) is 13.2 Å². The summed E-state index contributed by atoms with van der Waals surface area (Å²) in [6.45, 7) is 1.29. The summed E-state index contributed by atoms with van der Waals surface area (Å²) in [5.74, 6) is 0. The Bertz CT molecular complexity index is 328. The van der Waals surface area contributed by atoms with Crippen molar-refractivity contribution in [1.82, 2.24) is 0 Å². The minimum atomic E-state index is -0.141. The van der Waals surface area contributed by atoms with E-state index in [0.29, 0.717) is 13.2 Å². The van der Waals surface area contributed by atoms with E-state index in [0.717, 1.165) is 17.9 Å². The van der Waals surface area contributed by atoms with E-state index in [9.17, 15) is 0 Å². The molecule has 1 saturated heterocycles. The number of ether oxygens (including phenoxy) is 2. The summed E-state index contributed by atoms with van der Waals surface area (Å²) in [7, 11) is 0. The molecule has 0 radical (unpaired) electrons. The molecule has 1 aliphatic heterocycles. The SMILES string of the molecule is NCCC1COC(Cc2ccc(Cl)cc2)O1. The third-order valence-electron chi connectivity index (χ3n) is 2.62. The summed E-state index contributed by atoms with van der Waals surface area (Å²) in [5, 5.41) is 0.748. The van der Waals surface area contributed by atoms with Gasteiger partial charge in [0.1, 0.15) is 0 Å². The maximum atomic E-state index is 5.82. The Morgan fingerprint density at radius 3 is 2.75 bits per heavy atom. The van der Waals surface area contributed by atoms with Gasteiger partial charge in [0.25, 0.3) is 0 Å². The van der Waals surface area contributed by atoms with Gasteiger partial charge in [0.15, 0.2) is 6.29 Å².